The highest BCUT2D eigenvalue weighted by atomic mass is 16.5. The number of hydrogen-bond donors (Lipinski definition) is 1. The van der Waals surface area contributed by atoms with Crippen molar-refractivity contribution >= 4 is 5.65 Å². The third-order valence-electron chi connectivity index (χ3n) is 4.38. The van der Waals surface area contributed by atoms with Gasteiger partial charge in [0, 0.05) is 51.2 Å². The molecular weight excluding hydrogens is 292 g/mol. The van der Waals surface area contributed by atoms with Crippen molar-refractivity contribution in [2.75, 3.05) is 52.5 Å². The molecule has 0 radical (unpaired) electrons. The normalized spacial score (nSPS) is 17.1. The maximum Gasteiger partial charge on any atom is 0.137 e. The van der Waals surface area contributed by atoms with E-state index in [1.165, 1.54) is 5.69 Å². The number of ether oxygens (including phenoxy) is 1. The predicted molar refractivity (Wildman–Crippen MR) is 89.6 cm³/mol. The Labute approximate surface area is 137 Å². The molecule has 1 N–H and O–H groups in total. The van der Waals surface area contributed by atoms with Gasteiger partial charge in [0.25, 0.3) is 0 Å². The second-order valence-electron chi connectivity index (χ2n) is 6.08. The molecule has 6 heteroatoms. The Bertz CT molecular complexity index is 620. The first-order chi connectivity index (χ1) is 11.3. The highest BCUT2D eigenvalue weighted by Crippen LogP contribution is 2.12. The molecule has 2 aromatic heterocycles. The minimum atomic E-state index is 0.103. The zero-order valence-corrected chi connectivity index (χ0v) is 13.8. The van der Waals surface area contributed by atoms with Crippen LogP contribution in [-0.4, -0.2) is 76.8 Å². The van der Waals surface area contributed by atoms with Gasteiger partial charge in [-0.3, -0.25) is 9.80 Å². The lowest BCUT2D eigenvalue weighted by Gasteiger charge is -2.34. The van der Waals surface area contributed by atoms with Crippen LogP contribution in [0, 0.1) is 6.92 Å². The van der Waals surface area contributed by atoms with E-state index in [9.17, 15) is 0 Å². The number of imidazole rings is 1. The number of rotatable bonds is 7. The van der Waals surface area contributed by atoms with Gasteiger partial charge in [-0.25, -0.2) is 4.98 Å². The summed E-state index contributed by atoms with van der Waals surface area (Å²) < 4.78 is 7.49. The molecule has 0 bridgehead atoms. The van der Waals surface area contributed by atoms with Crippen LogP contribution < -0.4 is 0 Å². The van der Waals surface area contributed by atoms with Crippen molar-refractivity contribution in [2.45, 2.75) is 13.5 Å². The zero-order valence-electron chi connectivity index (χ0n) is 13.8. The number of hydrogen-bond acceptors (Lipinski definition) is 5. The quantitative estimate of drug-likeness (QED) is 0.764. The summed E-state index contributed by atoms with van der Waals surface area (Å²) in [6.45, 7) is 9.46. The van der Waals surface area contributed by atoms with Crippen LogP contribution >= 0.6 is 0 Å². The summed E-state index contributed by atoms with van der Waals surface area (Å²) in [6.07, 6.45) is 2.15. The van der Waals surface area contributed by atoms with Crippen LogP contribution in [0.1, 0.15) is 11.4 Å². The second kappa shape index (κ2) is 7.88. The van der Waals surface area contributed by atoms with E-state index >= 15 is 0 Å². The lowest BCUT2D eigenvalue weighted by molar-refractivity contribution is 0.0562. The van der Waals surface area contributed by atoms with Crippen molar-refractivity contribution in [2.24, 2.45) is 0 Å². The molecule has 0 amide bonds. The van der Waals surface area contributed by atoms with Crippen LogP contribution in [-0.2, 0) is 11.3 Å². The fraction of sp³-hybridized carbons (Fsp3) is 0.588. The lowest BCUT2D eigenvalue weighted by atomic mass is 10.3. The van der Waals surface area contributed by atoms with Crippen molar-refractivity contribution in [1.29, 1.82) is 0 Å². The SMILES string of the molecule is Cc1cccc2nc(CN3CCN(CCOCCO)CC3)cn12. The average Bonchev–Trinajstić information content (AvgIpc) is 2.97. The highest BCUT2D eigenvalue weighted by molar-refractivity contribution is 5.41. The molecule has 1 aliphatic rings. The second-order valence-corrected chi connectivity index (χ2v) is 6.08. The smallest absolute Gasteiger partial charge is 0.137 e. The molecule has 1 aliphatic heterocycles. The molecule has 0 aromatic carbocycles. The molecular formula is C17H26N4O2. The van der Waals surface area contributed by atoms with Gasteiger partial charge in [0.15, 0.2) is 0 Å². The van der Waals surface area contributed by atoms with Crippen LogP contribution in [0.3, 0.4) is 0 Å². The van der Waals surface area contributed by atoms with E-state index < -0.39 is 0 Å². The number of pyridine rings is 1. The Kier molecular flexibility index (Phi) is 5.61. The molecule has 0 atom stereocenters. The number of nitrogens with zero attached hydrogens (tertiary/aromatic N) is 4. The minimum Gasteiger partial charge on any atom is -0.394 e. The largest absolute Gasteiger partial charge is 0.394 e. The van der Waals surface area contributed by atoms with Crippen molar-refractivity contribution in [3.05, 3.63) is 35.8 Å². The Morgan fingerprint density at radius 3 is 2.65 bits per heavy atom. The highest BCUT2D eigenvalue weighted by Gasteiger charge is 2.17. The average molecular weight is 318 g/mol. The van der Waals surface area contributed by atoms with E-state index in [0.29, 0.717) is 13.2 Å². The molecule has 3 heterocycles. The molecule has 0 saturated carbocycles. The monoisotopic (exact) mass is 318 g/mol. The molecule has 6 nitrogen and oxygen atoms in total. The summed E-state index contributed by atoms with van der Waals surface area (Å²) in [5, 5.41) is 8.69. The molecule has 126 valence electrons. The lowest BCUT2D eigenvalue weighted by Crippen LogP contribution is -2.46. The maximum atomic E-state index is 8.69. The van der Waals surface area contributed by atoms with Crippen LogP contribution in [0.2, 0.25) is 0 Å². The van der Waals surface area contributed by atoms with Gasteiger partial charge in [-0.15, -0.1) is 0 Å². The summed E-state index contributed by atoms with van der Waals surface area (Å²) in [5.41, 5.74) is 3.38. The summed E-state index contributed by atoms with van der Waals surface area (Å²) >= 11 is 0. The molecule has 2 aromatic rings. The molecule has 0 unspecified atom stereocenters. The third-order valence-corrected chi connectivity index (χ3v) is 4.38. The van der Waals surface area contributed by atoms with Gasteiger partial charge in [-0.05, 0) is 19.1 Å². The first-order valence-corrected chi connectivity index (χ1v) is 8.33. The summed E-state index contributed by atoms with van der Waals surface area (Å²) in [6, 6.07) is 6.22. The van der Waals surface area contributed by atoms with Crippen LogP contribution in [0.25, 0.3) is 5.65 Å². The van der Waals surface area contributed by atoms with Gasteiger partial charge >= 0.3 is 0 Å². The summed E-state index contributed by atoms with van der Waals surface area (Å²) in [5.74, 6) is 0. The number of aliphatic hydroxyl groups is 1. The van der Waals surface area contributed by atoms with Gasteiger partial charge in [0.05, 0.1) is 25.5 Å². The number of fused-ring (bicyclic) bond motifs is 1. The van der Waals surface area contributed by atoms with E-state index in [0.717, 1.165) is 50.6 Å². The van der Waals surface area contributed by atoms with E-state index in [1.54, 1.807) is 0 Å². The zero-order chi connectivity index (χ0) is 16.1. The molecule has 0 spiro atoms. The van der Waals surface area contributed by atoms with Crippen molar-refractivity contribution in [3.8, 4) is 0 Å². The van der Waals surface area contributed by atoms with Crippen LogP contribution in [0.4, 0.5) is 0 Å². The summed E-state index contributed by atoms with van der Waals surface area (Å²) in [7, 11) is 0. The predicted octanol–water partition coefficient (Wildman–Crippen LogP) is 0.769. The maximum absolute atomic E-state index is 8.69. The molecule has 1 saturated heterocycles. The molecule has 3 rings (SSSR count). The Balaban J connectivity index is 1.47. The Hall–Kier alpha value is -1.47. The Morgan fingerprint density at radius 2 is 1.91 bits per heavy atom. The van der Waals surface area contributed by atoms with Crippen LogP contribution in [0.15, 0.2) is 24.4 Å². The van der Waals surface area contributed by atoms with Gasteiger partial charge in [-0.2, -0.15) is 0 Å². The van der Waals surface area contributed by atoms with Crippen molar-refractivity contribution in [3.63, 3.8) is 0 Å². The van der Waals surface area contributed by atoms with E-state index in [-0.39, 0.29) is 6.61 Å². The number of aryl methyl sites for hydroxylation is 1. The number of piperazine rings is 1. The van der Waals surface area contributed by atoms with Crippen molar-refractivity contribution < 1.29 is 9.84 Å². The van der Waals surface area contributed by atoms with Gasteiger partial charge in [0.1, 0.15) is 5.65 Å². The van der Waals surface area contributed by atoms with E-state index in [2.05, 4.69) is 45.5 Å². The topological polar surface area (TPSA) is 53.2 Å². The van der Waals surface area contributed by atoms with Crippen LogP contribution in [0.5, 0.6) is 0 Å². The third kappa shape index (κ3) is 4.29. The molecule has 1 fully saturated rings. The Morgan fingerprint density at radius 1 is 1.13 bits per heavy atom. The van der Waals surface area contributed by atoms with E-state index in [4.69, 9.17) is 14.8 Å². The molecule has 0 aliphatic carbocycles. The minimum absolute atomic E-state index is 0.103. The van der Waals surface area contributed by atoms with Gasteiger partial charge in [-0.1, -0.05) is 6.07 Å². The summed E-state index contributed by atoms with van der Waals surface area (Å²) in [4.78, 5) is 9.60. The fourth-order valence-electron chi connectivity index (χ4n) is 3.04. The van der Waals surface area contributed by atoms with Crippen molar-refractivity contribution in [1.82, 2.24) is 19.2 Å². The number of aliphatic hydroxyl groups excluding tert-OH is 1. The number of aromatic nitrogens is 2. The van der Waals surface area contributed by atoms with Gasteiger partial charge in [0.2, 0.25) is 0 Å². The van der Waals surface area contributed by atoms with E-state index in [1.807, 2.05) is 0 Å². The van der Waals surface area contributed by atoms with Gasteiger partial charge < -0.3 is 14.2 Å². The standard InChI is InChI=1S/C17H26N4O2/c1-15-3-2-4-17-18-16(14-21(15)17)13-20-7-5-19(6-8-20)9-11-23-12-10-22/h2-4,14,22H,5-13H2,1H3. The molecule has 23 heavy (non-hydrogen) atoms. The first kappa shape index (κ1) is 16.4. The fourth-order valence-corrected chi connectivity index (χ4v) is 3.04. The first-order valence-electron chi connectivity index (χ1n) is 8.33.